The Balaban J connectivity index is 1.88. The molecule has 0 atom stereocenters. The number of fused-ring (bicyclic) bond motifs is 1. The third kappa shape index (κ3) is 2.11. The first-order valence-corrected chi connectivity index (χ1v) is 6.92. The summed E-state index contributed by atoms with van der Waals surface area (Å²) in [6.07, 6.45) is 0.881. The average molecular weight is 265 g/mol. The zero-order valence-corrected chi connectivity index (χ0v) is 12.2. The van der Waals surface area contributed by atoms with Crippen molar-refractivity contribution in [2.75, 3.05) is 7.11 Å². The van der Waals surface area contributed by atoms with Gasteiger partial charge in [0, 0.05) is 17.5 Å². The van der Waals surface area contributed by atoms with Crippen LogP contribution in [0.15, 0.2) is 53.5 Å². The molecule has 2 nitrogen and oxygen atoms in total. The summed E-state index contributed by atoms with van der Waals surface area (Å²) in [5, 5.41) is 0. The van der Waals surface area contributed by atoms with Crippen molar-refractivity contribution in [3.05, 3.63) is 59.7 Å². The zero-order valence-electron chi connectivity index (χ0n) is 12.2. The standard InChI is InChI=1S/C18H19NO/c1-18(2)15-6-4-5-7-16(15)19-17(18)12-13-8-10-14(20-3)11-9-13/h4-11H,12H2,1-3H3. The maximum atomic E-state index is 5.20. The normalized spacial score (nSPS) is 15.7. The van der Waals surface area contributed by atoms with Gasteiger partial charge in [0.15, 0.2) is 0 Å². The van der Waals surface area contributed by atoms with Crippen LogP contribution in [0, 0.1) is 0 Å². The van der Waals surface area contributed by atoms with Gasteiger partial charge < -0.3 is 4.74 Å². The van der Waals surface area contributed by atoms with Crippen LogP contribution in [0.4, 0.5) is 5.69 Å². The second-order valence-corrected chi connectivity index (χ2v) is 5.73. The first-order chi connectivity index (χ1) is 9.61. The van der Waals surface area contributed by atoms with Crippen molar-refractivity contribution in [1.82, 2.24) is 0 Å². The van der Waals surface area contributed by atoms with Gasteiger partial charge in [-0.25, -0.2) is 0 Å². The molecule has 0 aliphatic carbocycles. The van der Waals surface area contributed by atoms with E-state index in [1.165, 1.54) is 16.8 Å². The number of para-hydroxylation sites is 1. The highest BCUT2D eigenvalue weighted by molar-refractivity contribution is 6.02. The van der Waals surface area contributed by atoms with Crippen LogP contribution in [0.3, 0.4) is 0 Å². The SMILES string of the molecule is COc1ccc(CC2=Nc3ccccc3C2(C)C)cc1. The van der Waals surface area contributed by atoms with Gasteiger partial charge in [0.05, 0.1) is 12.8 Å². The van der Waals surface area contributed by atoms with Crippen LogP contribution in [-0.2, 0) is 11.8 Å². The number of nitrogens with zero attached hydrogens (tertiary/aromatic N) is 1. The fourth-order valence-corrected chi connectivity index (χ4v) is 2.74. The minimum absolute atomic E-state index is 0.0104. The van der Waals surface area contributed by atoms with Gasteiger partial charge in [-0.05, 0) is 29.3 Å². The number of hydrogen-bond donors (Lipinski definition) is 0. The molecule has 0 amide bonds. The molecule has 2 aromatic carbocycles. The van der Waals surface area contributed by atoms with Crippen molar-refractivity contribution in [1.29, 1.82) is 0 Å². The summed E-state index contributed by atoms with van der Waals surface area (Å²) >= 11 is 0. The third-order valence-corrected chi connectivity index (χ3v) is 4.08. The van der Waals surface area contributed by atoms with Crippen molar-refractivity contribution < 1.29 is 4.74 Å². The summed E-state index contributed by atoms with van der Waals surface area (Å²) in [4.78, 5) is 4.83. The molecule has 0 spiro atoms. The van der Waals surface area contributed by atoms with Crippen LogP contribution in [0.2, 0.25) is 0 Å². The Morgan fingerprint density at radius 1 is 1.00 bits per heavy atom. The summed E-state index contributed by atoms with van der Waals surface area (Å²) in [7, 11) is 1.69. The highest BCUT2D eigenvalue weighted by Gasteiger charge is 2.34. The Kier molecular flexibility index (Phi) is 3.09. The molecular weight excluding hydrogens is 246 g/mol. The van der Waals surface area contributed by atoms with Crippen LogP contribution in [0.5, 0.6) is 5.75 Å². The van der Waals surface area contributed by atoms with Crippen LogP contribution >= 0.6 is 0 Å². The lowest BCUT2D eigenvalue weighted by atomic mass is 9.79. The van der Waals surface area contributed by atoms with Crippen molar-refractivity contribution in [2.45, 2.75) is 25.7 Å². The van der Waals surface area contributed by atoms with Crippen molar-refractivity contribution >= 4 is 11.4 Å². The molecule has 1 aliphatic heterocycles. The molecule has 2 heteroatoms. The average Bonchev–Trinajstić information content (AvgIpc) is 2.72. The second-order valence-electron chi connectivity index (χ2n) is 5.73. The maximum Gasteiger partial charge on any atom is 0.118 e. The van der Waals surface area contributed by atoms with Gasteiger partial charge in [-0.1, -0.05) is 44.2 Å². The quantitative estimate of drug-likeness (QED) is 0.810. The van der Waals surface area contributed by atoms with E-state index in [-0.39, 0.29) is 5.41 Å². The minimum atomic E-state index is 0.0104. The van der Waals surface area contributed by atoms with Crippen LogP contribution in [-0.4, -0.2) is 12.8 Å². The topological polar surface area (TPSA) is 21.6 Å². The molecule has 0 aromatic heterocycles. The molecule has 0 fully saturated rings. The number of rotatable bonds is 3. The Labute approximate surface area is 120 Å². The van der Waals surface area contributed by atoms with E-state index in [4.69, 9.17) is 9.73 Å². The Bertz CT molecular complexity index is 653. The van der Waals surface area contributed by atoms with Crippen LogP contribution in [0.1, 0.15) is 25.0 Å². The third-order valence-electron chi connectivity index (χ3n) is 4.08. The highest BCUT2D eigenvalue weighted by Crippen LogP contribution is 2.40. The Hall–Kier alpha value is -2.09. The molecule has 20 heavy (non-hydrogen) atoms. The molecule has 0 radical (unpaired) electrons. The molecule has 0 N–H and O–H groups in total. The van der Waals surface area contributed by atoms with E-state index in [0.29, 0.717) is 0 Å². The smallest absolute Gasteiger partial charge is 0.118 e. The first-order valence-electron chi connectivity index (χ1n) is 6.92. The lowest BCUT2D eigenvalue weighted by Gasteiger charge is -2.22. The number of ether oxygens (including phenoxy) is 1. The molecule has 3 rings (SSSR count). The summed E-state index contributed by atoms with van der Waals surface area (Å²) in [5.74, 6) is 0.893. The molecular formula is C18H19NO. The van der Waals surface area contributed by atoms with E-state index < -0.39 is 0 Å². The predicted molar refractivity (Wildman–Crippen MR) is 83.3 cm³/mol. The first kappa shape index (κ1) is 12.9. The van der Waals surface area contributed by atoms with Crippen molar-refractivity contribution in [3.8, 4) is 5.75 Å². The van der Waals surface area contributed by atoms with Gasteiger partial charge in [-0.3, -0.25) is 4.99 Å². The van der Waals surface area contributed by atoms with E-state index in [0.717, 1.165) is 17.9 Å². The molecule has 2 aromatic rings. The minimum Gasteiger partial charge on any atom is -0.497 e. The van der Waals surface area contributed by atoms with E-state index in [1.807, 2.05) is 12.1 Å². The van der Waals surface area contributed by atoms with Gasteiger partial charge in [-0.15, -0.1) is 0 Å². The number of aliphatic imine (C=N–C) groups is 1. The van der Waals surface area contributed by atoms with Gasteiger partial charge in [-0.2, -0.15) is 0 Å². The van der Waals surface area contributed by atoms with E-state index in [1.54, 1.807) is 7.11 Å². The molecule has 0 saturated carbocycles. The number of benzene rings is 2. The number of methoxy groups -OCH3 is 1. The van der Waals surface area contributed by atoms with E-state index in [2.05, 4.69) is 50.2 Å². The molecule has 0 saturated heterocycles. The summed E-state index contributed by atoms with van der Waals surface area (Å²) in [6.45, 7) is 4.50. The summed E-state index contributed by atoms with van der Waals surface area (Å²) in [5.41, 5.74) is 4.94. The highest BCUT2D eigenvalue weighted by atomic mass is 16.5. The Morgan fingerprint density at radius 3 is 2.35 bits per heavy atom. The van der Waals surface area contributed by atoms with Crippen molar-refractivity contribution in [3.63, 3.8) is 0 Å². The number of hydrogen-bond acceptors (Lipinski definition) is 2. The molecule has 0 bridgehead atoms. The predicted octanol–water partition coefficient (Wildman–Crippen LogP) is 4.30. The van der Waals surface area contributed by atoms with Crippen molar-refractivity contribution in [2.24, 2.45) is 4.99 Å². The van der Waals surface area contributed by atoms with Gasteiger partial charge in [0.1, 0.15) is 5.75 Å². The summed E-state index contributed by atoms with van der Waals surface area (Å²) in [6, 6.07) is 16.6. The Morgan fingerprint density at radius 2 is 1.70 bits per heavy atom. The fourth-order valence-electron chi connectivity index (χ4n) is 2.74. The van der Waals surface area contributed by atoms with Gasteiger partial charge in [0.2, 0.25) is 0 Å². The lowest BCUT2D eigenvalue weighted by molar-refractivity contribution is 0.414. The molecule has 1 heterocycles. The maximum absolute atomic E-state index is 5.20. The fraction of sp³-hybridized carbons (Fsp3) is 0.278. The largest absolute Gasteiger partial charge is 0.497 e. The lowest BCUT2D eigenvalue weighted by Crippen LogP contribution is -2.27. The van der Waals surface area contributed by atoms with E-state index >= 15 is 0 Å². The second kappa shape index (κ2) is 4.78. The zero-order chi connectivity index (χ0) is 14.2. The monoisotopic (exact) mass is 265 g/mol. The van der Waals surface area contributed by atoms with Gasteiger partial charge >= 0.3 is 0 Å². The van der Waals surface area contributed by atoms with E-state index in [9.17, 15) is 0 Å². The molecule has 102 valence electrons. The van der Waals surface area contributed by atoms with Crippen LogP contribution < -0.4 is 4.74 Å². The van der Waals surface area contributed by atoms with Crippen LogP contribution in [0.25, 0.3) is 0 Å². The molecule has 0 unspecified atom stereocenters. The van der Waals surface area contributed by atoms with Gasteiger partial charge in [0.25, 0.3) is 0 Å². The summed E-state index contributed by atoms with van der Waals surface area (Å²) < 4.78 is 5.20. The molecule has 1 aliphatic rings.